The van der Waals surface area contributed by atoms with E-state index in [-0.39, 0.29) is 13.0 Å². The van der Waals surface area contributed by atoms with Crippen molar-refractivity contribution < 1.29 is 14.6 Å². The van der Waals surface area contributed by atoms with Crippen LogP contribution in [0, 0.1) is 5.92 Å². The number of carboxylic acids is 1. The van der Waals surface area contributed by atoms with E-state index in [4.69, 9.17) is 26.4 Å². The first-order valence-corrected chi connectivity index (χ1v) is 10.4. The van der Waals surface area contributed by atoms with Gasteiger partial charge in [-0.05, 0) is 34.5 Å². The van der Waals surface area contributed by atoms with E-state index in [9.17, 15) is 4.79 Å². The standard InChI is InChI=1S/C19H19BrClN5O3/c20-14-6-16-13(5-15(14)21)17(26-11-22-10-23-26)7-18(24-16)25-3-1-12(8-25)9-29-4-2-19(27)28/h5-7,10-12H,1-4,8-9H2,(H,27,28)/t12-/m1/s1. The molecular formula is C19H19BrClN5O3. The number of pyridine rings is 1. The maximum atomic E-state index is 10.6. The lowest BCUT2D eigenvalue weighted by atomic mass is 10.1. The van der Waals surface area contributed by atoms with E-state index in [0.29, 0.717) is 17.5 Å². The molecule has 0 aliphatic carbocycles. The summed E-state index contributed by atoms with van der Waals surface area (Å²) in [4.78, 5) is 21.7. The highest BCUT2D eigenvalue weighted by Gasteiger charge is 2.25. The Hall–Kier alpha value is -2.23. The van der Waals surface area contributed by atoms with E-state index >= 15 is 0 Å². The highest BCUT2D eigenvalue weighted by Crippen LogP contribution is 2.33. The number of carbonyl (C=O) groups is 1. The Bertz CT molecular complexity index is 1030. The van der Waals surface area contributed by atoms with Crippen LogP contribution in [-0.4, -0.2) is 57.1 Å². The fourth-order valence-corrected chi connectivity index (χ4v) is 3.96. The van der Waals surface area contributed by atoms with Gasteiger partial charge in [0, 0.05) is 34.9 Å². The lowest BCUT2D eigenvalue weighted by Gasteiger charge is -2.20. The van der Waals surface area contributed by atoms with Gasteiger partial charge in [0.25, 0.3) is 0 Å². The molecule has 0 bridgehead atoms. The maximum Gasteiger partial charge on any atom is 0.305 e. The van der Waals surface area contributed by atoms with Crippen LogP contribution in [0.2, 0.25) is 5.02 Å². The van der Waals surface area contributed by atoms with Gasteiger partial charge in [-0.15, -0.1) is 0 Å². The number of anilines is 1. The molecule has 8 nitrogen and oxygen atoms in total. The SMILES string of the molecule is O=C(O)CCOC[C@@H]1CCN(c2cc(-n3cncn3)c3cc(Cl)c(Br)cc3n2)C1. The smallest absolute Gasteiger partial charge is 0.305 e. The summed E-state index contributed by atoms with van der Waals surface area (Å²) in [6.45, 7) is 2.45. The van der Waals surface area contributed by atoms with Crippen molar-refractivity contribution in [1.29, 1.82) is 0 Å². The van der Waals surface area contributed by atoms with Gasteiger partial charge in [0.2, 0.25) is 0 Å². The summed E-state index contributed by atoms with van der Waals surface area (Å²) in [5, 5.41) is 14.5. The molecule has 152 valence electrons. The predicted molar refractivity (Wildman–Crippen MR) is 113 cm³/mol. The summed E-state index contributed by atoms with van der Waals surface area (Å²) in [6, 6.07) is 5.77. The van der Waals surface area contributed by atoms with Crippen LogP contribution in [0.5, 0.6) is 0 Å². The zero-order valence-electron chi connectivity index (χ0n) is 15.5. The average Bonchev–Trinajstić information content (AvgIpc) is 3.37. The second-order valence-electron chi connectivity index (χ2n) is 6.94. The molecule has 0 spiro atoms. The topological polar surface area (TPSA) is 93.4 Å². The molecule has 0 unspecified atom stereocenters. The highest BCUT2D eigenvalue weighted by molar-refractivity contribution is 9.10. The van der Waals surface area contributed by atoms with Crippen molar-refractivity contribution in [2.24, 2.45) is 5.92 Å². The van der Waals surface area contributed by atoms with Gasteiger partial charge in [0.15, 0.2) is 0 Å². The molecule has 1 fully saturated rings. The second-order valence-corrected chi connectivity index (χ2v) is 8.20. The normalized spacial score (nSPS) is 16.6. The second kappa shape index (κ2) is 8.64. The van der Waals surface area contributed by atoms with Gasteiger partial charge < -0.3 is 14.7 Å². The summed E-state index contributed by atoms with van der Waals surface area (Å²) in [7, 11) is 0. The third-order valence-electron chi connectivity index (χ3n) is 4.90. The molecule has 1 aromatic carbocycles. The van der Waals surface area contributed by atoms with Crippen LogP contribution in [0.25, 0.3) is 16.6 Å². The van der Waals surface area contributed by atoms with Crippen LogP contribution in [-0.2, 0) is 9.53 Å². The Kier molecular flexibility index (Phi) is 5.98. The Balaban J connectivity index is 1.58. The number of benzene rings is 1. The van der Waals surface area contributed by atoms with E-state index in [1.807, 2.05) is 18.2 Å². The van der Waals surface area contributed by atoms with Gasteiger partial charge in [-0.2, -0.15) is 5.10 Å². The molecule has 1 atom stereocenters. The molecule has 3 aromatic rings. The van der Waals surface area contributed by atoms with Gasteiger partial charge >= 0.3 is 5.97 Å². The molecule has 0 radical (unpaired) electrons. The predicted octanol–water partition coefficient (Wildman–Crippen LogP) is 3.55. The molecule has 29 heavy (non-hydrogen) atoms. The van der Waals surface area contributed by atoms with E-state index in [0.717, 1.165) is 46.4 Å². The number of ether oxygens (including phenoxy) is 1. The minimum Gasteiger partial charge on any atom is -0.481 e. The monoisotopic (exact) mass is 479 g/mol. The lowest BCUT2D eigenvalue weighted by Crippen LogP contribution is -2.22. The molecule has 1 N–H and O–H groups in total. The maximum absolute atomic E-state index is 10.6. The Morgan fingerprint density at radius 2 is 2.24 bits per heavy atom. The van der Waals surface area contributed by atoms with Crippen molar-refractivity contribution in [1.82, 2.24) is 19.7 Å². The van der Waals surface area contributed by atoms with Crippen LogP contribution >= 0.6 is 27.5 Å². The van der Waals surface area contributed by atoms with Crippen LogP contribution < -0.4 is 4.90 Å². The van der Waals surface area contributed by atoms with Crippen molar-refractivity contribution in [3.63, 3.8) is 0 Å². The number of hydrogen-bond acceptors (Lipinski definition) is 6. The lowest BCUT2D eigenvalue weighted by molar-refractivity contribution is -0.138. The number of carboxylic acid groups (broad SMARTS) is 1. The summed E-state index contributed by atoms with van der Waals surface area (Å²) in [6.07, 6.45) is 4.14. The minimum absolute atomic E-state index is 0.0291. The van der Waals surface area contributed by atoms with Gasteiger partial charge in [0.05, 0.1) is 35.9 Å². The van der Waals surface area contributed by atoms with Gasteiger partial charge in [-0.3, -0.25) is 4.79 Å². The van der Waals surface area contributed by atoms with Crippen LogP contribution in [0.15, 0.2) is 35.3 Å². The van der Waals surface area contributed by atoms with Gasteiger partial charge in [0.1, 0.15) is 18.5 Å². The van der Waals surface area contributed by atoms with Gasteiger partial charge in [-0.1, -0.05) is 11.6 Å². The van der Waals surface area contributed by atoms with E-state index in [1.165, 1.54) is 6.33 Å². The van der Waals surface area contributed by atoms with Crippen LogP contribution in [0.1, 0.15) is 12.8 Å². The number of aliphatic carboxylic acids is 1. The van der Waals surface area contributed by atoms with E-state index in [2.05, 4.69) is 30.9 Å². The zero-order chi connectivity index (χ0) is 20.4. The number of aromatic nitrogens is 4. The summed E-state index contributed by atoms with van der Waals surface area (Å²) in [5.74, 6) is 0.351. The summed E-state index contributed by atoms with van der Waals surface area (Å²) >= 11 is 9.78. The van der Waals surface area contributed by atoms with Crippen molar-refractivity contribution in [2.45, 2.75) is 12.8 Å². The first-order chi connectivity index (χ1) is 14.0. The minimum atomic E-state index is -0.842. The number of fused-ring (bicyclic) bond motifs is 1. The molecule has 0 saturated carbocycles. The molecular weight excluding hydrogens is 462 g/mol. The first-order valence-electron chi connectivity index (χ1n) is 9.20. The van der Waals surface area contributed by atoms with Crippen molar-refractivity contribution in [2.75, 3.05) is 31.2 Å². The third kappa shape index (κ3) is 4.52. The number of hydrogen-bond donors (Lipinski definition) is 1. The number of halogens is 2. The molecule has 10 heteroatoms. The first kappa shape index (κ1) is 20.1. The molecule has 4 rings (SSSR count). The van der Waals surface area contributed by atoms with Crippen molar-refractivity contribution in [3.8, 4) is 5.69 Å². The van der Waals surface area contributed by atoms with Gasteiger partial charge in [-0.25, -0.2) is 14.6 Å². The molecule has 1 saturated heterocycles. The number of nitrogens with zero attached hydrogens (tertiary/aromatic N) is 5. The average molecular weight is 481 g/mol. The fourth-order valence-electron chi connectivity index (χ4n) is 3.46. The van der Waals surface area contributed by atoms with E-state index in [1.54, 1.807) is 11.0 Å². The highest BCUT2D eigenvalue weighted by atomic mass is 79.9. The fraction of sp³-hybridized carbons (Fsp3) is 0.368. The summed E-state index contributed by atoms with van der Waals surface area (Å²) in [5.41, 5.74) is 1.67. The molecule has 0 amide bonds. The van der Waals surface area contributed by atoms with Crippen LogP contribution in [0.3, 0.4) is 0 Å². The Morgan fingerprint density at radius 3 is 3.00 bits per heavy atom. The Labute approximate surface area is 180 Å². The number of rotatable bonds is 7. The quantitative estimate of drug-likeness (QED) is 0.517. The van der Waals surface area contributed by atoms with Crippen LogP contribution in [0.4, 0.5) is 5.82 Å². The molecule has 3 heterocycles. The van der Waals surface area contributed by atoms with Crippen molar-refractivity contribution >= 4 is 50.2 Å². The van der Waals surface area contributed by atoms with Crippen molar-refractivity contribution in [3.05, 3.63) is 40.3 Å². The molecule has 1 aliphatic heterocycles. The third-order valence-corrected chi connectivity index (χ3v) is 6.10. The summed E-state index contributed by atoms with van der Waals surface area (Å²) < 4.78 is 8.02. The van der Waals surface area contributed by atoms with E-state index < -0.39 is 5.97 Å². The molecule has 1 aliphatic rings. The largest absolute Gasteiger partial charge is 0.481 e. The Morgan fingerprint density at radius 1 is 1.38 bits per heavy atom. The zero-order valence-corrected chi connectivity index (χ0v) is 17.8. The molecule has 2 aromatic heterocycles.